The largest absolute Gasteiger partial charge is 0.350 e. The maximum atomic E-state index is 4.65. The summed E-state index contributed by atoms with van der Waals surface area (Å²) in [5.41, 5.74) is 3.31. The van der Waals surface area contributed by atoms with Crippen LogP contribution in [0.4, 0.5) is 0 Å². The summed E-state index contributed by atoms with van der Waals surface area (Å²) < 4.78 is 3.05. The highest BCUT2D eigenvalue weighted by molar-refractivity contribution is 9.10. The third-order valence-electron chi connectivity index (χ3n) is 3.21. The number of aromatic nitrogens is 3. The number of imidazole rings is 1. The topological polar surface area (TPSA) is 45.6 Å². The van der Waals surface area contributed by atoms with Crippen LogP contribution in [0.3, 0.4) is 0 Å². The first kappa shape index (κ1) is 12.4. The van der Waals surface area contributed by atoms with Crippen LogP contribution in [0.1, 0.15) is 5.82 Å². The van der Waals surface area contributed by atoms with Crippen molar-refractivity contribution in [3.05, 3.63) is 40.9 Å². The normalized spacial score (nSPS) is 11.3. The average Bonchev–Trinajstić information content (AvgIpc) is 2.92. The van der Waals surface area contributed by atoms with Crippen LogP contribution in [-0.2, 0) is 13.6 Å². The summed E-state index contributed by atoms with van der Waals surface area (Å²) in [5.74, 6) is 0.928. The Morgan fingerprint density at radius 3 is 2.95 bits per heavy atom. The summed E-state index contributed by atoms with van der Waals surface area (Å²) in [7, 11) is 3.97. The van der Waals surface area contributed by atoms with E-state index in [4.69, 9.17) is 0 Å². The molecule has 2 heterocycles. The number of fused-ring (bicyclic) bond motifs is 1. The van der Waals surface area contributed by atoms with Crippen molar-refractivity contribution >= 4 is 26.8 Å². The maximum Gasteiger partial charge on any atom is 0.121 e. The molecule has 1 aromatic carbocycles. The van der Waals surface area contributed by atoms with E-state index in [1.807, 2.05) is 7.05 Å². The molecule has 0 aliphatic heterocycles. The van der Waals surface area contributed by atoms with Gasteiger partial charge in [0.1, 0.15) is 16.1 Å². The number of rotatable bonds is 3. The fourth-order valence-corrected chi connectivity index (χ4v) is 2.89. The minimum absolute atomic E-state index is 0.726. The van der Waals surface area contributed by atoms with Crippen molar-refractivity contribution in [3.63, 3.8) is 0 Å². The number of H-pyrrole nitrogens is 1. The van der Waals surface area contributed by atoms with Gasteiger partial charge in [0, 0.05) is 29.7 Å². The van der Waals surface area contributed by atoms with E-state index >= 15 is 0 Å². The van der Waals surface area contributed by atoms with Crippen molar-refractivity contribution < 1.29 is 0 Å². The lowest BCUT2D eigenvalue weighted by molar-refractivity contribution is 0.771. The van der Waals surface area contributed by atoms with Gasteiger partial charge in [-0.2, -0.15) is 0 Å². The zero-order valence-electron chi connectivity index (χ0n) is 10.9. The second-order valence-electron chi connectivity index (χ2n) is 4.55. The quantitative estimate of drug-likeness (QED) is 0.779. The molecule has 0 saturated carbocycles. The zero-order chi connectivity index (χ0) is 13.4. The van der Waals surface area contributed by atoms with Crippen LogP contribution < -0.4 is 5.32 Å². The molecule has 0 bridgehead atoms. The number of hydrogen-bond donors (Lipinski definition) is 2. The molecular weight excluding hydrogens is 304 g/mol. The summed E-state index contributed by atoms with van der Waals surface area (Å²) in [6.45, 7) is 0.726. The van der Waals surface area contributed by atoms with Crippen LogP contribution in [-0.4, -0.2) is 21.6 Å². The standard InChI is InChI=1S/C14H15BrN4/c1-16-7-12-17-13(14(15)18-12)10-8-19(2)11-6-4-3-5-9(10)11/h3-6,8,16H,7H2,1-2H3,(H,17,18). The van der Waals surface area contributed by atoms with Gasteiger partial charge >= 0.3 is 0 Å². The van der Waals surface area contributed by atoms with Crippen LogP contribution in [0.2, 0.25) is 0 Å². The predicted octanol–water partition coefficient (Wildman–Crippen LogP) is 3.05. The molecule has 0 spiro atoms. The number of nitrogens with one attached hydrogen (secondary N) is 2. The molecule has 3 rings (SSSR count). The Hall–Kier alpha value is -1.59. The van der Waals surface area contributed by atoms with E-state index in [2.05, 4.69) is 73.3 Å². The van der Waals surface area contributed by atoms with Crippen molar-refractivity contribution in [1.29, 1.82) is 0 Å². The Labute approximate surface area is 120 Å². The third-order valence-corrected chi connectivity index (χ3v) is 3.78. The molecule has 0 radical (unpaired) electrons. The van der Waals surface area contributed by atoms with Crippen LogP contribution in [0.25, 0.3) is 22.2 Å². The molecule has 0 aliphatic rings. The number of nitrogens with zero attached hydrogens (tertiary/aromatic N) is 2. The molecule has 19 heavy (non-hydrogen) atoms. The van der Waals surface area contributed by atoms with E-state index in [1.54, 1.807) is 0 Å². The van der Waals surface area contributed by atoms with Gasteiger partial charge < -0.3 is 14.9 Å². The minimum atomic E-state index is 0.726. The molecule has 0 unspecified atom stereocenters. The first-order valence-corrected chi connectivity index (χ1v) is 6.93. The van der Waals surface area contributed by atoms with Gasteiger partial charge in [0.15, 0.2) is 0 Å². The van der Waals surface area contributed by atoms with Gasteiger partial charge in [-0.05, 0) is 29.0 Å². The van der Waals surface area contributed by atoms with Gasteiger partial charge in [0.2, 0.25) is 0 Å². The lowest BCUT2D eigenvalue weighted by atomic mass is 10.1. The molecule has 4 nitrogen and oxygen atoms in total. The number of aromatic amines is 1. The highest BCUT2D eigenvalue weighted by Crippen LogP contribution is 2.33. The first-order chi connectivity index (χ1) is 9.20. The lowest BCUT2D eigenvalue weighted by Crippen LogP contribution is -2.06. The van der Waals surface area contributed by atoms with Gasteiger partial charge in [-0.25, -0.2) is 4.98 Å². The number of aryl methyl sites for hydroxylation is 1. The monoisotopic (exact) mass is 318 g/mol. The summed E-state index contributed by atoms with van der Waals surface area (Å²) in [4.78, 5) is 7.91. The molecular formula is C14H15BrN4. The van der Waals surface area contributed by atoms with Crippen LogP contribution >= 0.6 is 15.9 Å². The van der Waals surface area contributed by atoms with E-state index in [1.165, 1.54) is 10.9 Å². The van der Waals surface area contributed by atoms with Crippen molar-refractivity contribution in [2.24, 2.45) is 7.05 Å². The molecule has 3 aromatic rings. The smallest absolute Gasteiger partial charge is 0.121 e. The van der Waals surface area contributed by atoms with Gasteiger partial charge in [0.25, 0.3) is 0 Å². The second kappa shape index (κ2) is 4.83. The van der Waals surface area contributed by atoms with E-state index in [9.17, 15) is 0 Å². The zero-order valence-corrected chi connectivity index (χ0v) is 12.5. The van der Waals surface area contributed by atoms with Crippen LogP contribution in [0.15, 0.2) is 35.1 Å². The van der Waals surface area contributed by atoms with E-state index < -0.39 is 0 Å². The first-order valence-electron chi connectivity index (χ1n) is 6.14. The Morgan fingerprint density at radius 1 is 1.37 bits per heavy atom. The molecule has 0 amide bonds. The lowest BCUT2D eigenvalue weighted by Gasteiger charge is -1.95. The molecule has 0 saturated heterocycles. The van der Waals surface area contributed by atoms with E-state index in [-0.39, 0.29) is 0 Å². The second-order valence-corrected chi connectivity index (χ2v) is 5.34. The maximum absolute atomic E-state index is 4.65. The number of halogens is 1. The van der Waals surface area contributed by atoms with Gasteiger partial charge in [-0.15, -0.1) is 0 Å². The summed E-state index contributed by atoms with van der Waals surface area (Å²) >= 11 is 3.56. The Bertz CT molecular complexity index is 726. The van der Waals surface area contributed by atoms with Crippen molar-refractivity contribution in [2.75, 3.05) is 7.05 Å². The van der Waals surface area contributed by atoms with Crippen molar-refractivity contribution in [1.82, 2.24) is 19.9 Å². The molecule has 0 aliphatic carbocycles. The minimum Gasteiger partial charge on any atom is -0.350 e. The molecule has 98 valence electrons. The molecule has 0 fully saturated rings. The van der Waals surface area contributed by atoms with Gasteiger partial charge in [0.05, 0.1) is 6.54 Å². The Balaban J connectivity index is 2.19. The summed E-state index contributed by atoms with van der Waals surface area (Å²) in [6.07, 6.45) is 2.12. The molecule has 2 N–H and O–H groups in total. The molecule has 2 aromatic heterocycles. The fourth-order valence-electron chi connectivity index (χ4n) is 2.36. The van der Waals surface area contributed by atoms with Gasteiger partial charge in [-0.1, -0.05) is 18.2 Å². The number of para-hydroxylation sites is 1. The summed E-state index contributed by atoms with van der Waals surface area (Å²) in [6, 6.07) is 8.36. The van der Waals surface area contributed by atoms with Crippen molar-refractivity contribution in [2.45, 2.75) is 6.54 Å². The highest BCUT2D eigenvalue weighted by Gasteiger charge is 2.15. The van der Waals surface area contributed by atoms with Crippen LogP contribution in [0.5, 0.6) is 0 Å². The predicted molar refractivity (Wildman–Crippen MR) is 81.0 cm³/mol. The van der Waals surface area contributed by atoms with E-state index in [0.29, 0.717) is 0 Å². The summed E-state index contributed by atoms with van der Waals surface area (Å²) in [5, 5.41) is 4.31. The Kier molecular flexibility index (Phi) is 3.16. The molecule has 5 heteroatoms. The third kappa shape index (κ3) is 2.09. The number of benzene rings is 1. The Morgan fingerprint density at radius 2 is 2.16 bits per heavy atom. The van der Waals surface area contributed by atoms with Crippen LogP contribution in [0, 0.1) is 0 Å². The van der Waals surface area contributed by atoms with Gasteiger partial charge in [-0.3, -0.25) is 0 Å². The molecule has 0 atom stereocenters. The SMILES string of the molecule is CNCc1nc(-c2cn(C)c3ccccc23)c(Br)[nH]1. The van der Waals surface area contributed by atoms with Crippen molar-refractivity contribution in [3.8, 4) is 11.3 Å². The van der Waals surface area contributed by atoms with E-state index in [0.717, 1.165) is 28.2 Å². The fraction of sp³-hybridized carbons (Fsp3) is 0.214. The average molecular weight is 319 g/mol. The highest BCUT2D eigenvalue weighted by atomic mass is 79.9. The number of hydrogen-bond acceptors (Lipinski definition) is 2.